The number of fused-ring (bicyclic) bond motifs is 1. The maximum absolute atomic E-state index is 12.6. The average Bonchev–Trinajstić information content (AvgIpc) is 3.04. The van der Waals surface area contributed by atoms with Crippen molar-refractivity contribution < 1.29 is 23.9 Å². The van der Waals surface area contributed by atoms with Crippen molar-refractivity contribution in [2.24, 2.45) is 0 Å². The number of benzene rings is 1. The van der Waals surface area contributed by atoms with Gasteiger partial charge in [0.25, 0.3) is 5.91 Å². The molecule has 0 unspecified atom stereocenters. The standard InChI is InChI=1S/C19H19BrN2O5S/c1-3-27-19(25)22-8-7-13-14(10-22)28-17(15(13)18(24)26-2)21-16(23)11-5-4-6-12(20)9-11/h4-6,9H,3,7-8,10H2,1-2H3,(H,21,23). The Morgan fingerprint density at radius 1 is 1.32 bits per heavy atom. The number of methoxy groups -OCH3 is 1. The highest BCUT2D eigenvalue weighted by Crippen LogP contribution is 2.38. The Hall–Kier alpha value is -2.39. The van der Waals surface area contributed by atoms with E-state index >= 15 is 0 Å². The fraction of sp³-hybridized carbons (Fsp3) is 0.316. The van der Waals surface area contributed by atoms with Crippen molar-refractivity contribution in [1.82, 2.24) is 4.90 Å². The number of anilines is 1. The number of esters is 1. The minimum atomic E-state index is -0.508. The number of thiophene rings is 1. The van der Waals surface area contributed by atoms with Crippen molar-refractivity contribution in [2.45, 2.75) is 19.9 Å². The summed E-state index contributed by atoms with van der Waals surface area (Å²) in [6.07, 6.45) is 0.0999. The van der Waals surface area contributed by atoms with Gasteiger partial charge >= 0.3 is 12.1 Å². The van der Waals surface area contributed by atoms with Crippen LogP contribution in [-0.4, -0.2) is 43.1 Å². The quantitative estimate of drug-likeness (QED) is 0.686. The first kappa shape index (κ1) is 20.3. The van der Waals surface area contributed by atoms with Crippen molar-refractivity contribution >= 4 is 50.2 Å². The van der Waals surface area contributed by atoms with Gasteiger partial charge in [-0.3, -0.25) is 4.79 Å². The highest BCUT2D eigenvalue weighted by atomic mass is 79.9. The topological polar surface area (TPSA) is 84.9 Å². The second-order valence-corrected chi connectivity index (χ2v) is 8.06. The molecule has 2 aromatic rings. The van der Waals surface area contributed by atoms with E-state index in [-0.39, 0.29) is 12.0 Å². The van der Waals surface area contributed by atoms with Gasteiger partial charge in [0, 0.05) is 21.5 Å². The summed E-state index contributed by atoms with van der Waals surface area (Å²) in [7, 11) is 1.31. The number of carbonyl (C=O) groups excluding carboxylic acids is 3. The van der Waals surface area contributed by atoms with E-state index in [9.17, 15) is 14.4 Å². The summed E-state index contributed by atoms with van der Waals surface area (Å²) in [5.74, 6) is -0.834. The molecule has 9 heteroatoms. The summed E-state index contributed by atoms with van der Waals surface area (Å²) in [6, 6.07) is 6.97. The lowest BCUT2D eigenvalue weighted by Gasteiger charge is -2.26. The van der Waals surface area contributed by atoms with E-state index in [0.717, 1.165) is 14.9 Å². The molecule has 0 saturated heterocycles. The summed E-state index contributed by atoms with van der Waals surface area (Å²) in [4.78, 5) is 39.5. The number of nitrogens with one attached hydrogen (secondary N) is 1. The predicted octanol–water partition coefficient (Wildman–Crippen LogP) is 4.06. The van der Waals surface area contributed by atoms with Gasteiger partial charge in [-0.2, -0.15) is 0 Å². The number of nitrogens with zero attached hydrogens (tertiary/aromatic N) is 1. The summed E-state index contributed by atoms with van der Waals surface area (Å²) in [5, 5.41) is 3.24. The van der Waals surface area contributed by atoms with Crippen molar-refractivity contribution in [3.63, 3.8) is 0 Å². The highest BCUT2D eigenvalue weighted by molar-refractivity contribution is 9.10. The molecule has 1 aliphatic heterocycles. The van der Waals surface area contributed by atoms with Gasteiger partial charge in [-0.15, -0.1) is 11.3 Å². The van der Waals surface area contributed by atoms with Gasteiger partial charge in [-0.25, -0.2) is 9.59 Å². The van der Waals surface area contributed by atoms with Crippen molar-refractivity contribution in [2.75, 3.05) is 25.6 Å². The smallest absolute Gasteiger partial charge is 0.410 e. The van der Waals surface area contributed by atoms with Gasteiger partial charge < -0.3 is 19.7 Å². The molecule has 2 heterocycles. The number of hydrogen-bond acceptors (Lipinski definition) is 6. The number of halogens is 1. The van der Waals surface area contributed by atoms with Crippen LogP contribution in [0.3, 0.4) is 0 Å². The third-order valence-corrected chi connectivity index (χ3v) is 5.91. The zero-order valence-corrected chi connectivity index (χ0v) is 17.8. The molecular formula is C19H19BrN2O5S. The molecule has 2 amide bonds. The maximum atomic E-state index is 12.6. The van der Waals surface area contributed by atoms with E-state index < -0.39 is 5.97 Å². The van der Waals surface area contributed by atoms with Crippen molar-refractivity contribution in [3.8, 4) is 0 Å². The van der Waals surface area contributed by atoms with Crippen LogP contribution in [0.25, 0.3) is 0 Å². The van der Waals surface area contributed by atoms with E-state index in [4.69, 9.17) is 9.47 Å². The molecule has 1 aromatic carbocycles. The lowest BCUT2D eigenvalue weighted by molar-refractivity contribution is 0.0600. The van der Waals surface area contributed by atoms with Crippen LogP contribution in [0.4, 0.5) is 9.80 Å². The second kappa shape index (κ2) is 8.74. The number of ether oxygens (including phenoxy) is 2. The van der Waals surface area contributed by atoms with Gasteiger partial charge in [0.1, 0.15) is 5.00 Å². The molecule has 0 aliphatic carbocycles. The van der Waals surface area contributed by atoms with Crippen LogP contribution < -0.4 is 5.32 Å². The Morgan fingerprint density at radius 3 is 2.79 bits per heavy atom. The molecule has 28 heavy (non-hydrogen) atoms. The van der Waals surface area contributed by atoms with Crippen LogP contribution in [0.5, 0.6) is 0 Å². The van der Waals surface area contributed by atoms with E-state index in [2.05, 4.69) is 21.2 Å². The van der Waals surface area contributed by atoms with Crippen LogP contribution in [0, 0.1) is 0 Å². The van der Waals surface area contributed by atoms with E-state index in [1.165, 1.54) is 18.4 Å². The molecular weight excluding hydrogens is 448 g/mol. The monoisotopic (exact) mass is 466 g/mol. The SMILES string of the molecule is CCOC(=O)N1CCc2c(sc(NC(=O)c3cccc(Br)c3)c2C(=O)OC)C1. The van der Waals surface area contributed by atoms with Gasteiger partial charge in [-0.05, 0) is 37.1 Å². The molecule has 1 N–H and O–H groups in total. The Balaban J connectivity index is 1.90. The zero-order valence-electron chi connectivity index (χ0n) is 15.4. The highest BCUT2D eigenvalue weighted by Gasteiger charge is 2.31. The van der Waals surface area contributed by atoms with E-state index in [1.807, 2.05) is 6.07 Å². The maximum Gasteiger partial charge on any atom is 0.410 e. The Kier molecular flexibility index (Phi) is 6.35. The molecule has 1 aliphatic rings. The normalized spacial score (nSPS) is 12.9. The molecule has 0 atom stereocenters. The van der Waals surface area contributed by atoms with Crippen LogP contribution in [-0.2, 0) is 22.4 Å². The van der Waals surface area contributed by atoms with Crippen LogP contribution in [0.1, 0.15) is 38.1 Å². The Labute approximate surface area is 174 Å². The first-order valence-corrected chi connectivity index (χ1v) is 10.3. The van der Waals surface area contributed by atoms with Crippen LogP contribution >= 0.6 is 27.3 Å². The van der Waals surface area contributed by atoms with E-state index in [1.54, 1.807) is 30.0 Å². The third-order valence-electron chi connectivity index (χ3n) is 4.29. The largest absolute Gasteiger partial charge is 0.465 e. The van der Waals surface area contributed by atoms with E-state index in [0.29, 0.717) is 42.2 Å². The molecule has 0 radical (unpaired) electrons. The van der Waals surface area contributed by atoms with Crippen molar-refractivity contribution in [1.29, 1.82) is 0 Å². The third kappa shape index (κ3) is 4.20. The average molecular weight is 467 g/mol. The molecule has 3 rings (SSSR count). The van der Waals surface area contributed by atoms with Gasteiger partial charge in [-0.1, -0.05) is 22.0 Å². The molecule has 0 bridgehead atoms. The summed E-state index contributed by atoms with van der Waals surface area (Å²) in [6.45, 7) is 2.82. The Bertz CT molecular complexity index is 927. The lowest BCUT2D eigenvalue weighted by Crippen LogP contribution is -2.36. The number of amides is 2. The van der Waals surface area contributed by atoms with Gasteiger partial charge in [0.2, 0.25) is 0 Å². The molecule has 7 nitrogen and oxygen atoms in total. The number of carbonyl (C=O) groups is 3. The minimum absolute atomic E-state index is 0.300. The van der Waals surface area contributed by atoms with Gasteiger partial charge in [0.15, 0.2) is 0 Å². The summed E-state index contributed by atoms with van der Waals surface area (Å²) >= 11 is 4.62. The van der Waals surface area contributed by atoms with Crippen LogP contribution in [0.15, 0.2) is 28.7 Å². The Morgan fingerprint density at radius 2 is 2.11 bits per heavy atom. The minimum Gasteiger partial charge on any atom is -0.465 e. The summed E-state index contributed by atoms with van der Waals surface area (Å²) < 4.78 is 10.8. The predicted molar refractivity (Wildman–Crippen MR) is 109 cm³/mol. The lowest BCUT2D eigenvalue weighted by atomic mass is 10.0. The molecule has 148 valence electrons. The number of hydrogen-bond donors (Lipinski definition) is 1. The molecule has 0 saturated carbocycles. The second-order valence-electron chi connectivity index (χ2n) is 6.03. The van der Waals surface area contributed by atoms with Gasteiger partial charge in [0.05, 0.1) is 25.8 Å². The molecule has 1 aromatic heterocycles. The molecule has 0 spiro atoms. The fourth-order valence-electron chi connectivity index (χ4n) is 2.99. The first-order chi connectivity index (χ1) is 13.4. The fourth-order valence-corrected chi connectivity index (χ4v) is 4.63. The zero-order chi connectivity index (χ0) is 20.3. The summed E-state index contributed by atoms with van der Waals surface area (Å²) in [5.41, 5.74) is 1.63. The first-order valence-electron chi connectivity index (χ1n) is 8.66. The molecule has 0 fully saturated rings. The number of rotatable bonds is 4. The van der Waals surface area contributed by atoms with Crippen molar-refractivity contribution in [3.05, 3.63) is 50.3 Å². The van der Waals surface area contributed by atoms with Crippen LogP contribution in [0.2, 0.25) is 0 Å².